The van der Waals surface area contributed by atoms with E-state index in [0.29, 0.717) is 23.4 Å². The highest BCUT2D eigenvalue weighted by Crippen LogP contribution is 2.36. The van der Waals surface area contributed by atoms with Gasteiger partial charge in [0.25, 0.3) is 0 Å². The molecule has 1 aromatic rings. The van der Waals surface area contributed by atoms with E-state index in [4.69, 9.17) is 26.2 Å². The minimum Gasteiger partial charge on any atom is -0.493 e. The van der Waals surface area contributed by atoms with Crippen LogP contribution in [0.3, 0.4) is 0 Å². The number of rotatable bonds is 7. The zero-order valence-electron chi connectivity index (χ0n) is 10.6. The number of nitrogens with one attached hydrogen (secondary N) is 1. The van der Waals surface area contributed by atoms with Crippen molar-refractivity contribution in [3.63, 3.8) is 0 Å². The summed E-state index contributed by atoms with van der Waals surface area (Å²) in [4.78, 5) is 10.5. The lowest BCUT2D eigenvalue weighted by Gasteiger charge is -2.13. The van der Waals surface area contributed by atoms with Crippen LogP contribution in [-0.2, 0) is 11.3 Å². The Hall–Kier alpha value is -1.46. The van der Waals surface area contributed by atoms with Gasteiger partial charge in [0.15, 0.2) is 18.1 Å². The van der Waals surface area contributed by atoms with Gasteiger partial charge in [-0.1, -0.05) is 11.6 Å². The van der Waals surface area contributed by atoms with Crippen molar-refractivity contribution in [2.75, 3.05) is 13.7 Å². The summed E-state index contributed by atoms with van der Waals surface area (Å²) >= 11 is 6.10. The number of carboxylic acid groups (broad SMARTS) is 1. The average molecular weight is 286 g/mol. The first-order valence-electron chi connectivity index (χ1n) is 6.04. The van der Waals surface area contributed by atoms with Crippen molar-refractivity contribution in [2.24, 2.45) is 0 Å². The van der Waals surface area contributed by atoms with Crippen LogP contribution in [0, 0.1) is 0 Å². The van der Waals surface area contributed by atoms with Crippen molar-refractivity contribution in [2.45, 2.75) is 25.4 Å². The number of aliphatic carboxylic acids is 1. The molecule has 1 aliphatic rings. The third-order valence-corrected chi connectivity index (χ3v) is 3.08. The number of carbonyl (C=O) groups is 1. The molecule has 0 heterocycles. The molecule has 1 fully saturated rings. The molecule has 0 amide bonds. The van der Waals surface area contributed by atoms with E-state index in [-0.39, 0.29) is 5.75 Å². The molecule has 2 N–H and O–H groups in total. The lowest BCUT2D eigenvalue weighted by atomic mass is 10.2. The molecule has 1 aliphatic carbocycles. The van der Waals surface area contributed by atoms with Crippen molar-refractivity contribution in [3.05, 3.63) is 22.7 Å². The molecule has 2 rings (SSSR count). The Labute approximate surface area is 116 Å². The molecule has 0 atom stereocenters. The van der Waals surface area contributed by atoms with E-state index in [1.165, 1.54) is 20.0 Å². The van der Waals surface area contributed by atoms with Crippen molar-refractivity contribution >= 4 is 17.6 Å². The fourth-order valence-electron chi connectivity index (χ4n) is 1.70. The van der Waals surface area contributed by atoms with Gasteiger partial charge >= 0.3 is 5.97 Å². The highest BCUT2D eigenvalue weighted by Gasteiger charge is 2.20. The zero-order valence-corrected chi connectivity index (χ0v) is 11.4. The lowest BCUT2D eigenvalue weighted by molar-refractivity contribution is -0.139. The summed E-state index contributed by atoms with van der Waals surface area (Å²) in [5.74, 6) is -0.347. The minimum absolute atomic E-state index is 0.265. The predicted octanol–water partition coefficient (Wildman–Crippen LogP) is 2.06. The monoisotopic (exact) mass is 285 g/mol. The van der Waals surface area contributed by atoms with Crippen molar-refractivity contribution in [1.82, 2.24) is 5.32 Å². The zero-order chi connectivity index (χ0) is 13.8. The first-order chi connectivity index (χ1) is 9.10. The number of ether oxygens (including phenoxy) is 2. The summed E-state index contributed by atoms with van der Waals surface area (Å²) < 4.78 is 10.3. The van der Waals surface area contributed by atoms with Gasteiger partial charge in [0.1, 0.15) is 0 Å². The van der Waals surface area contributed by atoms with E-state index in [1.54, 1.807) is 12.1 Å². The Morgan fingerprint density at radius 1 is 1.53 bits per heavy atom. The largest absolute Gasteiger partial charge is 0.493 e. The van der Waals surface area contributed by atoms with Gasteiger partial charge in [0.05, 0.1) is 12.1 Å². The summed E-state index contributed by atoms with van der Waals surface area (Å²) in [6.45, 7) is 0.260. The maximum absolute atomic E-state index is 10.5. The number of halogens is 1. The van der Waals surface area contributed by atoms with Gasteiger partial charge in [0, 0.05) is 12.6 Å². The molecule has 19 heavy (non-hydrogen) atoms. The molecule has 6 heteroatoms. The number of benzene rings is 1. The molecular weight excluding hydrogens is 270 g/mol. The summed E-state index contributed by atoms with van der Waals surface area (Å²) in [6, 6.07) is 4.17. The normalized spacial score (nSPS) is 14.2. The smallest absolute Gasteiger partial charge is 0.341 e. The topological polar surface area (TPSA) is 67.8 Å². The second-order valence-corrected chi connectivity index (χ2v) is 4.85. The molecule has 1 saturated carbocycles. The molecule has 5 nitrogen and oxygen atoms in total. The minimum atomic E-state index is -1.06. The summed E-state index contributed by atoms with van der Waals surface area (Å²) in [5.41, 5.74) is 0.983. The third-order valence-electron chi connectivity index (χ3n) is 2.80. The van der Waals surface area contributed by atoms with Crippen LogP contribution in [0.15, 0.2) is 12.1 Å². The van der Waals surface area contributed by atoms with Crippen LogP contribution in [-0.4, -0.2) is 30.8 Å². The summed E-state index contributed by atoms with van der Waals surface area (Å²) in [5, 5.41) is 12.3. The Bertz CT molecular complexity index is 474. The fraction of sp³-hybridized carbons (Fsp3) is 0.462. The van der Waals surface area contributed by atoms with Crippen LogP contribution >= 0.6 is 11.6 Å². The van der Waals surface area contributed by atoms with E-state index in [1.807, 2.05) is 0 Å². The van der Waals surface area contributed by atoms with Crippen LogP contribution in [0.2, 0.25) is 5.02 Å². The average Bonchev–Trinajstić information content (AvgIpc) is 3.18. The molecule has 0 spiro atoms. The third kappa shape index (κ3) is 4.01. The fourth-order valence-corrected chi connectivity index (χ4v) is 1.99. The van der Waals surface area contributed by atoms with Gasteiger partial charge in [-0.3, -0.25) is 0 Å². The Kier molecular flexibility index (Phi) is 4.50. The van der Waals surface area contributed by atoms with E-state index < -0.39 is 12.6 Å². The Balaban J connectivity index is 2.10. The summed E-state index contributed by atoms with van der Waals surface area (Å²) in [7, 11) is 1.50. The van der Waals surface area contributed by atoms with E-state index in [9.17, 15) is 4.79 Å². The quantitative estimate of drug-likeness (QED) is 0.803. The SMILES string of the molecule is COc1cc(CNC2CC2)cc(Cl)c1OCC(=O)O. The lowest BCUT2D eigenvalue weighted by Crippen LogP contribution is -2.15. The van der Waals surface area contributed by atoms with Crippen molar-refractivity contribution in [1.29, 1.82) is 0 Å². The maximum Gasteiger partial charge on any atom is 0.341 e. The van der Waals surface area contributed by atoms with E-state index in [0.717, 1.165) is 5.56 Å². The summed E-state index contributed by atoms with van der Waals surface area (Å²) in [6.07, 6.45) is 2.43. The van der Waals surface area contributed by atoms with Gasteiger partial charge in [-0.25, -0.2) is 4.79 Å². The van der Waals surface area contributed by atoms with Crippen LogP contribution < -0.4 is 14.8 Å². The highest BCUT2D eigenvalue weighted by atomic mass is 35.5. The molecule has 0 saturated heterocycles. The van der Waals surface area contributed by atoms with Gasteiger partial charge in [-0.15, -0.1) is 0 Å². The van der Waals surface area contributed by atoms with Gasteiger partial charge in [0.2, 0.25) is 0 Å². The first kappa shape index (κ1) is 14.0. The van der Waals surface area contributed by atoms with Crippen molar-refractivity contribution < 1.29 is 19.4 Å². The Morgan fingerprint density at radius 3 is 2.84 bits per heavy atom. The standard InChI is InChI=1S/C13H16ClNO4/c1-18-11-5-8(6-15-9-2-3-9)4-10(14)13(11)19-7-12(16)17/h4-5,9,15H,2-3,6-7H2,1H3,(H,16,17). The maximum atomic E-state index is 10.5. The highest BCUT2D eigenvalue weighted by molar-refractivity contribution is 6.32. The Morgan fingerprint density at radius 2 is 2.26 bits per heavy atom. The van der Waals surface area contributed by atoms with Gasteiger partial charge < -0.3 is 19.9 Å². The molecule has 104 valence electrons. The number of hydrogen-bond donors (Lipinski definition) is 2. The number of carboxylic acids is 1. The molecule has 0 unspecified atom stereocenters. The second kappa shape index (κ2) is 6.12. The van der Waals surface area contributed by atoms with Crippen LogP contribution in [0.1, 0.15) is 18.4 Å². The molecule has 0 aromatic heterocycles. The van der Waals surface area contributed by atoms with Crippen molar-refractivity contribution in [3.8, 4) is 11.5 Å². The molecule has 0 aliphatic heterocycles. The van der Waals surface area contributed by atoms with Gasteiger partial charge in [-0.05, 0) is 30.5 Å². The van der Waals surface area contributed by atoms with Crippen LogP contribution in [0.4, 0.5) is 0 Å². The van der Waals surface area contributed by atoms with E-state index >= 15 is 0 Å². The number of methoxy groups -OCH3 is 1. The molecule has 1 aromatic carbocycles. The first-order valence-corrected chi connectivity index (χ1v) is 6.42. The van der Waals surface area contributed by atoms with Gasteiger partial charge in [-0.2, -0.15) is 0 Å². The molecular formula is C13H16ClNO4. The predicted molar refractivity (Wildman–Crippen MR) is 71.0 cm³/mol. The molecule has 0 bridgehead atoms. The second-order valence-electron chi connectivity index (χ2n) is 4.45. The molecule has 0 radical (unpaired) electrons. The van der Waals surface area contributed by atoms with Crippen LogP contribution in [0.25, 0.3) is 0 Å². The van der Waals surface area contributed by atoms with E-state index in [2.05, 4.69) is 5.32 Å². The number of hydrogen-bond acceptors (Lipinski definition) is 4. The van der Waals surface area contributed by atoms with Crippen LogP contribution in [0.5, 0.6) is 11.5 Å².